The van der Waals surface area contributed by atoms with Crippen molar-refractivity contribution in [2.24, 2.45) is 0 Å². The van der Waals surface area contributed by atoms with Crippen LogP contribution in [0, 0.1) is 10.5 Å². The van der Waals surface area contributed by atoms with E-state index in [9.17, 15) is 4.79 Å². The first-order valence-corrected chi connectivity index (χ1v) is 7.31. The molecule has 2 atom stereocenters. The average Bonchev–Trinajstić information content (AvgIpc) is 2.68. The van der Waals surface area contributed by atoms with Crippen LogP contribution >= 0.6 is 34.2 Å². The molecule has 2 rings (SSSR count). The molecule has 0 bridgehead atoms. The number of hydrogen-bond donors (Lipinski definition) is 1. The molecule has 1 N–H and O–H groups in total. The monoisotopic (exact) mass is 363 g/mol. The van der Waals surface area contributed by atoms with Crippen LogP contribution < -0.4 is 5.32 Å². The Kier molecular flexibility index (Phi) is 4.31. The maximum atomic E-state index is 12.1. The van der Waals surface area contributed by atoms with E-state index in [0.717, 1.165) is 34.0 Å². The Morgan fingerprint density at radius 3 is 2.88 bits per heavy atom. The van der Waals surface area contributed by atoms with Crippen LogP contribution in [0.4, 0.5) is 0 Å². The Morgan fingerprint density at radius 2 is 2.24 bits per heavy atom. The fourth-order valence-electron chi connectivity index (χ4n) is 2.15. The number of rotatable bonds is 2. The summed E-state index contributed by atoms with van der Waals surface area (Å²) in [5.74, 6) is -0.00403. The molecule has 0 spiro atoms. The van der Waals surface area contributed by atoms with Crippen molar-refractivity contribution in [2.45, 2.75) is 37.6 Å². The molecule has 1 aromatic rings. The van der Waals surface area contributed by atoms with E-state index in [1.165, 1.54) is 0 Å². The van der Waals surface area contributed by atoms with Crippen molar-refractivity contribution in [3.8, 4) is 0 Å². The molecule has 1 aromatic carbocycles. The molecule has 17 heavy (non-hydrogen) atoms. The highest BCUT2D eigenvalue weighted by Gasteiger charge is 2.27. The molecule has 1 saturated carbocycles. The highest BCUT2D eigenvalue weighted by molar-refractivity contribution is 14.1. The summed E-state index contributed by atoms with van der Waals surface area (Å²) in [6.45, 7) is 2.01. The molecule has 0 aliphatic heterocycles. The number of carbonyl (C=O) groups is 1. The number of amides is 1. The smallest absolute Gasteiger partial charge is 0.252 e. The minimum absolute atomic E-state index is 0.00403. The summed E-state index contributed by atoms with van der Waals surface area (Å²) in [6, 6.07) is 5.92. The van der Waals surface area contributed by atoms with Gasteiger partial charge in [0, 0.05) is 9.61 Å². The first kappa shape index (κ1) is 13.1. The lowest BCUT2D eigenvalue weighted by Crippen LogP contribution is -2.38. The molecule has 0 radical (unpaired) electrons. The lowest BCUT2D eigenvalue weighted by molar-refractivity contribution is 0.0937. The normalized spacial score (nSPS) is 23.7. The van der Waals surface area contributed by atoms with Crippen LogP contribution in [0.5, 0.6) is 0 Å². The van der Waals surface area contributed by atoms with E-state index in [4.69, 9.17) is 11.6 Å². The summed E-state index contributed by atoms with van der Waals surface area (Å²) in [5.41, 5.74) is 1.88. The van der Waals surface area contributed by atoms with Crippen LogP contribution in [0.25, 0.3) is 0 Å². The van der Waals surface area contributed by atoms with Crippen molar-refractivity contribution in [3.63, 3.8) is 0 Å². The van der Waals surface area contributed by atoms with Crippen molar-refractivity contribution in [2.75, 3.05) is 0 Å². The summed E-state index contributed by atoms with van der Waals surface area (Å²) in [7, 11) is 0. The van der Waals surface area contributed by atoms with Gasteiger partial charge in [0.15, 0.2) is 0 Å². The third-order valence-electron chi connectivity index (χ3n) is 3.18. The number of nitrogens with one attached hydrogen (secondary N) is 1. The minimum Gasteiger partial charge on any atom is -0.348 e. The van der Waals surface area contributed by atoms with Gasteiger partial charge in [0.05, 0.1) is 10.9 Å². The topological polar surface area (TPSA) is 29.1 Å². The lowest BCUT2D eigenvalue weighted by atomic mass is 10.1. The second-order valence-corrected chi connectivity index (χ2v) is 6.10. The SMILES string of the molecule is Cc1cccc(C(=O)NC2CCCC2Cl)c1I. The second-order valence-electron chi connectivity index (χ2n) is 4.46. The molecule has 1 fully saturated rings. The quantitative estimate of drug-likeness (QED) is 0.632. The first-order valence-electron chi connectivity index (χ1n) is 5.79. The van der Waals surface area contributed by atoms with Gasteiger partial charge in [0.1, 0.15) is 0 Å². The highest BCUT2D eigenvalue weighted by Crippen LogP contribution is 2.25. The Bertz CT molecular complexity index is 435. The first-order chi connectivity index (χ1) is 8.09. The molecule has 0 saturated heterocycles. The fourth-order valence-corrected chi connectivity index (χ4v) is 3.09. The van der Waals surface area contributed by atoms with Crippen molar-refractivity contribution < 1.29 is 4.79 Å². The van der Waals surface area contributed by atoms with Crippen LogP contribution in [0.15, 0.2) is 18.2 Å². The van der Waals surface area contributed by atoms with Gasteiger partial charge in [-0.3, -0.25) is 4.79 Å². The standard InChI is InChI=1S/C13H15ClINO/c1-8-4-2-5-9(12(8)15)13(17)16-11-7-3-6-10(11)14/h2,4-5,10-11H,3,6-7H2,1H3,(H,16,17). The van der Waals surface area contributed by atoms with Gasteiger partial charge in [-0.25, -0.2) is 0 Å². The molecule has 1 aliphatic rings. The van der Waals surface area contributed by atoms with E-state index in [1.807, 2.05) is 25.1 Å². The van der Waals surface area contributed by atoms with Crippen molar-refractivity contribution in [1.29, 1.82) is 0 Å². The zero-order chi connectivity index (χ0) is 12.4. The van der Waals surface area contributed by atoms with Crippen molar-refractivity contribution >= 4 is 40.1 Å². The summed E-state index contributed by atoms with van der Waals surface area (Å²) in [6.07, 6.45) is 3.09. The van der Waals surface area contributed by atoms with Gasteiger partial charge in [0.25, 0.3) is 5.91 Å². The number of aryl methyl sites for hydroxylation is 1. The van der Waals surface area contributed by atoms with Crippen LogP contribution in [0.1, 0.15) is 35.2 Å². The van der Waals surface area contributed by atoms with Crippen LogP contribution in [-0.2, 0) is 0 Å². The predicted octanol–water partition coefficient (Wildman–Crippen LogP) is 3.49. The van der Waals surface area contributed by atoms with E-state index in [-0.39, 0.29) is 17.3 Å². The fraction of sp³-hybridized carbons (Fsp3) is 0.462. The largest absolute Gasteiger partial charge is 0.348 e. The Labute approximate surface area is 120 Å². The maximum absolute atomic E-state index is 12.1. The lowest BCUT2D eigenvalue weighted by Gasteiger charge is -2.16. The van der Waals surface area contributed by atoms with Crippen molar-refractivity contribution in [3.05, 3.63) is 32.9 Å². The molecule has 4 heteroatoms. The third-order valence-corrected chi connectivity index (χ3v) is 5.14. The van der Waals surface area contributed by atoms with Gasteiger partial charge in [-0.05, 0) is 60.4 Å². The molecular weight excluding hydrogens is 349 g/mol. The zero-order valence-electron chi connectivity index (χ0n) is 9.67. The molecule has 1 amide bonds. The zero-order valence-corrected chi connectivity index (χ0v) is 12.6. The summed E-state index contributed by atoms with van der Waals surface area (Å²) in [4.78, 5) is 12.1. The summed E-state index contributed by atoms with van der Waals surface area (Å²) < 4.78 is 1.02. The second kappa shape index (κ2) is 5.57. The number of benzene rings is 1. The van der Waals surface area contributed by atoms with Gasteiger partial charge in [0.2, 0.25) is 0 Å². The van der Waals surface area contributed by atoms with Gasteiger partial charge in [-0.15, -0.1) is 11.6 Å². The van der Waals surface area contributed by atoms with Gasteiger partial charge in [-0.1, -0.05) is 12.1 Å². The summed E-state index contributed by atoms with van der Waals surface area (Å²) >= 11 is 8.38. The van der Waals surface area contributed by atoms with Crippen LogP contribution in [0.3, 0.4) is 0 Å². The maximum Gasteiger partial charge on any atom is 0.252 e. The average molecular weight is 364 g/mol. The molecule has 2 unspecified atom stereocenters. The number of alkyl halides is 1. The molecular formula is C13H15ClINO. The molecule has 2 nitrogen and oxygen atoms in total. The van der Waals surface area contributed by atoms with Crippen LogP contribution in [-0.4, -0.2) is 17.3 Å². The summed E-state index contributed by atoms with van der Waals surface area (Å²) in [5, 5.41) is 3.12. The predicted molar refractivity (Wildman–Crippen MR) is 78.6 cm³/mol. The molecule has 92 valence electrons. The molecule has 1 aliphatic carbocycles. The Balaban J connectivity index is 2.12. The highest BCUT2D eigenvalue weighted by atomic mass is 127. The van der Waals surface area contributed by atoms with E-state index in [2.05, 4.69) is 27.9 Å². The van der Waals surface area contributed by atoms with E-state index < -0.39 is 0 Å². The minimum atomic E-state index is -0.00403. The van der Waals surface area contributed by atoms with Gasteiger partial charge in [-0.2, -0.15) is 0 Å². The van der Waals surface area contributed by atoms with Crippen LogP contribution in [0.2, 0.25) is 0 Å². The number of carbonyl (C=O) groups excluding carboxylic acids is 1. The number of halogens is 2. The Morgan fingerprint density at radius 1 is 1.47 bits per heavy atom. The van der Waals surface area contributed by atoms with E-state index in [0.29, 0.717) is 0 Å². The molecule has 0 heterocycles. The van der Waals surface area contributed by atoms with Gasteiger partial charge < -0.3 is 5.32 Å². The molecule has 0 aromatic heterocycles. The van der Waals surface area contributed by atoms with Gasteiger partial charge >= 0.3 is 0 Å². The van der Waals surface area contributed by atoms with E-state index >= 15 is 0 Å². The van der Waals surface area contributed by atoms with E-state index in [1.54, 1.807) is 0 Å². The number of hydrogen-bond acceptors (Lipinski definition) is 1. The van der Waals surface area contributed by atoms with Crippen molar-refractivity contribution in [1.82, 2.24) is 5.32 Å². The Hall–Kier alpha value is -0.290. The third kappa shape index (κ3) is 2.94.